The Balaban J connectivity index is 1.94. The Morgan fingerprint density at radius 2 is 2.28 bits per heavy atom. The molecule has 1 amide bonds. The number of rotatable bonds is 3. The molecular weight excluding hydrogens is 256 g/mol. The van der Waals surface area contributed by atoms with Gasteiger partial charge in [0.15, 0.2) is 0 Å². The number of hydrogen-bond donors (Lipinski definition) is 2. The molecule has 1 fully saturated rings. The summed E-state index contributed by atoms with van der Waals surface area (Å²) >= 11 is 5.89. The largest absolute Gasteiger partial charge is 0.388 e. The summed E-state index contributed by atoms with van der Waals surface area (Å²) in [6.45, 7) is 1.22. The van der Waals surface area contributed by atoms with Crippen molar-refractivity contribution in [1.82, 2.24) is 10.3 Å². The lowest BCUT2D eigenvalue weighted by Gasteiger charge is -2.32. The monoisotopic (exact) mass is 270 g/mol. The van der Waals surface area contributed by atoms with Crippen LogP contribution in [0.5, 0.6) is 0 Å². The van der Waals surface area contributed by atoms with E-state index in [1.54, 1.807) is 6.07 Å². The van der Waals surface area contributed by atoms with Gasteiger partial charge in [0.05, 0.1) is 16.2 Å². The Morgan fingerprint density at radius 1 is 1.56 bits per heavy atom. The lowest BCUT2D eigenvalue weighted by atomic mass is 9.94. The van der Waals surface area contributed by atoms with Gasteiger partial charge in [-0.25, -0.2) is 0 Å². The number of ether oxygens (including phenoxy) is 1. The number of carbonyl (C=O) groups excluding carboxylic acids is 1. The minimum atomic E-state index is -0.886. The van der Waals surface area contributed by atoms with Gasteiger partial charge in [-0.3, -0.25) is 9.78 Å². The molecule has 0 atom stereocenters. The summed E-state index contributed by atoms with van der Waals surface area (Å²) in [5.74, 6) is -0.326. The highest BCUT2D eigenvalue weighted by molar-refractivity contribution is 6.33. The summed E-state index contributed by atoms with van der Waals surface area (Å²) in [6, 6.07) is 1.56. The van der Waals surface area contributed by atoms with E-state index in [4.69, 9.17) is 16.3 Å². The van der Waals surface area contributed by atoms with Crippen LogP contribution in [0.15, 0.2) is 18.5 Å². The van der Waals surface area contributed by atoms with Crippen LogP contribution < -0.4 is 5.32 Å². The van der Waals surface area contributed by atoms with Crippen molar-refractivity contribution in [3.63, 3.8) is 0 Å². The molecule has 0 spiro atoms. The molecule has 2 rings (SSSR count). The average Bonchev–Trinajstić information content (AvgIpc) is 2.38. The van der Waals surface area contributed by atoms with Crippen molar-refractivity contribution in [3.8, 4) is 0 Å². The van der Waals surface area contributed by atoms with Gasteiger partial charge in [-0.15, -0.1) is 0 Å². The minimum Gasteiger partial charge on any atom is -0.388 e. The van der Waals surface area contributed by atoms with Gasteiger partial charge in [0.1, 0.15) is 0 Å². The molecule has 1 saturated heterocycles. The predicted molar refractivity (Wildman–Crippen MR) is 66.6 cm³/mol. The molecule has 6 heteroatoms. The molecule has 0 bridgehead atoms. The van der Waals surface area contributed by atoms with Gasteiger partial charge in [-0.1, -0.05) is 11.6 Å². The van der Waals surface area contributed by atoms with Crippen molar-refractivity contribution in [1.29, 1.82) is 0 Å². The summed E-state index contributed by atoms with van der Waals surface area (Å²) in [6.07, 6.45) is 3.97. The van der Waals surface area contributed by atoms with Gasteiger partial charge in [0.25, 0.3) is 5.91 Å². The van der Waals surface area contributed by atoms with Crippen LogP contribution in [0.25, 0.3) is 0 Å². The van der Waals surface area contributed by atoms with Crippen LogP contribution in [-0.2, 0) is 4.74 Å². The first-order valence-electron chi connectivity index (χ1n) is 5.79. The van der Waals surface area contributed by atoms with E-state index in [-0.39, 0.29) is 12.5 Å². The molecule has 0 aliphatic carbocycles. The SMILES string of the molecule is O=C(NCC1(O)CCOCC1)c1cnccc1Cl. The number of nitrogens with zero attached hydrogens (tertiary/aromatic N) is 1. The van der Waals surface area contributed by atoms with Crippen molar-refractivity contribution in [2.24, 2.45) is 0 Å². The summed E-state index contributed by atoms with van der Waals surface area (Å²) in [4.78, 5) is 15.7. The highest BCUT2D eigenvalue weighted by atomic mass is 35.5. The van der Waals surface area contributed by atoms with Crippen LogP contribution in [-0.4, -0.2) is 41.4 Å². The summed E-state index contributed by atoms with van der Waals surface area (Å²) in [5, 5.41) is 13.2. The standard InChI is InChI=1S/C12H15ClN2O3/c13-10-1-4-14-7-9(10)11(16)15-8-12(17)2-5-18-6-3-12/h1,4,7,17H,2-3,5-6,8H2,(H,15,16). The first-order chi connectivity index (χ1) is 8.61. The molecule has 0 saturated carbocycles. The van der Waals surface area contributed by atoms with Gasteiger partial charge in [0.2, 0.25) is 0 Å². The minimum absolute atomic E-state index is 0.195. The van der Waals surface area contributed by atoms with Gasteiger partial charge in [0, 0.05) is 45.0 Å². The van der Waals surface area contributed by atoms with Crippen LogP contribution in [0.3, 0.4) is 0 Å². The highest BCUT2D eigenvalue weighted by Crippen LogP contribution is 2.20. The second kappa shape index (κ2) is 5.65. The van der Waals surface area contributed by atoms with Crippen molar-refractivity contribution in [2.45, 2.75) is 18.4 Å². The highest BCUT2D eigenvalue weighted by Gasteiger charge is 2.30. The molecule has 18 heavy (non-hydrogen) atoms. The van der Waals surface area contributed by atoms with Crippen molar-refractivity contribution in [2.75, 3.05) is 19.8 Å². The normalized spacial score (nSPS) is 18.3. The Morgan fingerprint density at radius 3 is 2.94 bits per heavy atom. The van der Waals surface area contributed by atoms with Crippen molar-refractivity contribution in [3.05, 3.63) is 29.0 Å². The van der Waals surface area contributed by atoms with E-state index in [1.165, 1.54) is 12.4 Å². The molecule has 0 unspecified atom stereocenters. The van der Waals surface area contributed by atoms with Crippen LogP contribution in [0, 0.1) is 0 Å². The van der Waals surface area contributed by atoms with Gasteiger partial charge >= 0.3 is 0 Å². The Labute approximate surface area is 110 Å². The van der Waals surface area contributed by atoms with E-state index in [0.29, 0.717) is 36.6 Å². The fraction of sp³-hybridized carbons (Fsp3) is 0.500. The molecule has 0 radical (unpaired) electrons. The zero-order valence-electron chi connectivity index (χ0n) is 9.86. The molecule has 5 nitrogen and oxygen atoms in total. The van der Waals surface area contributed by atoms with Gasteiger partial charge < -0.3 is 15.2 Å². The summed E-state index contributed by atoms with van der Waals surface area (Å²) in [5.41, 5.74) is -0.572. The maximum Gasteiger partial charge on any atom is 0.254 e. The van der Waals surface area contributed by atoms with E-state index >= 15 is 0 Å². The Hall–Kier alpha value is -1.17. The molecule has 1 aromatic rings. The Bertz CT molecular complexity index is 433. The molecule has 2 heterocycles. The van der Waals surface area contributed by atoms with E-state index in [0.717, 1.165) is 0 Å². The van der Waals surface area contributed by atoms with Gasteiger partial charge in [-0.2, -0.15) is 0 Å². The summed E-state index contributed by atoms with van der Waals surface area (Å²) in [7, 11) is 0. The Kier molecular flexibility index (Phi) is 4.16. The van der Waals surface area contributed by atoms with Crippen LogP contribution in [0.4, 0.5) is 0 Å². The summed E-state index contributed by atoms with van der Waals surface area (Å²) < 4.78 is 5.17. The van der Waals surface area contributed by atoms with E-state index in [1.807, 2.05) is 0 Å². The third-order valence-electron chi connectivity index (χ3n) is 3.01. The van der Waals surface area contributed by atoms with Crippen LogP contribution in [0.1, 0.15) is 23.2 Å². The first-order valence-corrected chi connectivity index (χ1v) is 6.16. The predicted octanol–water partition coefficient (Wildman–Crippen LogP) is 1.01. The van der Waals surface area contributed by atoms with Crippen LogP contribution in [0.2, 0.25) is 5.02 Å². The zero-order chi connectivity index (χ0) is 13.0. The second-order valence-electron chi connectivity index (χ2n) is 4.37. The quantitative estimate of drug-likeness (QED) is 0.860. The second-order valence-corrected chi connectivity index (χ2v) is 4.78. The van der Waals surface area contributed by atoms with E-state index < -0.39 is 5.60 Å². The molecular formula is C12H15ClN2O3. The smallest absolute Gasteiger partial charge is 0.254 e. The topological polar surface area (TPSA) is 71.5 Å². The molecule has 1 aliphatic rings. The molecule has 1 aromatic heterocycles. The van der Waals surface area contributed by atoms with Crippen molar-refractivity contribution >= 4 is 17.5 Å². The van der Waals surface area contributed by atoms with E-state index in [9.17, 15) is 9.90 Å². The van der Waals surface area contributed by atoms with Crippen molar-refractivity contribution < 1.29 is 14.6 Å². The van der Waals surface area contributed by atoms with Gasteiger partial charge in [-0.05, 0) is 6.07 Å². The number of amides is 1. The third kappa shape index (κ3) is 3.19. The first kappa shape index (κ1) is 13.3. The number of aromatic nitrogens is 1. The number of carbonyl (C=O) groups is 1. The number of hydrogen-bond acceptors (Lipinski definition) is 4. The molecule has 1 aliphatic heterocycles. The van der Waals surface area contributed by atoms with Crippen LogP contribution >= 0.6 is 11.6 Å². The third-order valence-corrected chi connectivity index (χ3v) is 3.34. The number of pyridine rings is 1. The molecule has 0 aromatic carbocycles. The lowest BCUT2D eigenvalue weighted by molar-refractivity contribution is -0.0605. The number of halogens is 1. The molecule has 98 valence electrons. The maximum absolute atomic E-state index is 11.9. The zero-order valence-corrected chi connectivity index (χ0v) is 10.6. The fourth-order valence-corrected chi connectivity index (χ4v) is 2.00. The maximum atomic E-state index is 11.9. The molecule has 2 N–H and O–H groups in total. The number of nitrogens with one attached hydrogen (secondary N) is 1. The number of aliphatic hydroxyl groups is 1. The fourth-order valence-electron chi connectivity index (χ4n) is 1.81. The van der Waals surface area contributed by atoms with E-state index in [2.05, 4.69) is 10.3 Å². The lowest BCUT2D eigenvalue weighted by Crippen LogP contribution is -2.46. The average molecular weight is 271 g/mol.